The van der Waals surface area contributed by atoms with Crippen LogP contribution in [0.5, 0.6) is 0 Å². The first kappa shape index (κ1) is 14.0. The molecule has 0 saturated heterocycles. The van der Waals surface area contributed by atoms with Gasteiger partial charge in [-0.1, -0.05) is 13.8 Å². The highest BCUT2D eigenvalue weighted by molar-refractivity contribution is 9.10. The van der Waals surface area contributed by atoms with Gasteiger partial charge in [0.25, 0.3) is 0 Å². The third-order valence-corrected chi connectivity index (χ3v) is 4.57. The third-order valence-electron chi connectivity index (χ3n) is 3.43. The number of nitrogens with zero attached hydrogens (tertiary/aromatic N) is 3. The van der Waals surface area contributed by atoms with Crippen LogP contribution in [0.2, 0.25) is 0 Å². The maximum Gasteiger partial charge on any atom is 0.134 e. The molecule has 1 aliphatic rings. The number of anilines is 1. The van der Waals surface area contributed by atoms with Crippen molar-refractivity contribution < 1.29 is 0 Å². The molecule has 3 nitrogen and oxygen atoms in total. The van der Waals surface area contributed by atoms with Crippen LogP contribution in [0, 0.1) is 0 Å². The summed E-state index contributed by atoms with van der Waals surface area (Å²) in [6.45, 7) is 5.20. The van der Waals surface area contributed by atoms with E-state index in [-0.39, 0.29) is 0 Å². The summed E-state index contributed by atoms with van der Waals surface area (Å²) >= 11 is 5.27. The van der Waals surface area contributed by atoms with Crippen molar-refractivity contribution in [3.63, 3.8) is 0 Å². The van der Waals surface area contributed by atoms with Crippen LogP contribution in [0.15, 0.2) is 27.5 Å². The number of halogens is 1. The smallest absolute Gasteiger partial charge is 0.134 e. The second-order valence-corrected chi connectivity index (χ2v) is 7.14. The Kier molecular flexibility index (Phi) is 4.08. The van der Waals surface area contributed by atoms with Crippen molar-refractivity contribution >= 4 is 33.1 Å². The van der Waals surface area contributed by atoms with E-state index in [2.05, 4.69) is 56.5 Å². The van der Waals surface area contributed by atoms with Crippen molar-refractivity contribution in [1.29, 1.82) is 0 Å². The van der Waals surface area contributed by atoms with Gasteiger partial charge in [0.15, 0.2) is 0 Å². The normalized spacial score (nSPS) is 14.8. The molecule has 0 bridgehead atoms. The average Bonchev–Trinajstić information content (AvgIpc) is 3.12. The maximum atomic E-state index is 4.76. The molecule has 0 radical (unpaired) electrons. The largest absolute Gasteiger partial charge is 0.349 e. The summed E-state index contributed by atoms with van der Waals surface area (Å²) in [6.07, 6.45) is 2.53. The number of aromatic nitrogens is 2. The lowest BCUT2D eigenvalue weighted by Gasteiger charge is -2.24. The van der Waals surface area contributed by atoms with Gasteiger partial charge in [-0.25, -0.2) is 9.97 Å². The lowest BCUT2D eigenvalue weighted by atomic mass is 10.2. The van der Waals surface area contributed by atoms with E-state index in [9.17, 15) is 0 Å². The molecule has 1 saturated carbocycles. The SMILES string of the molecule is CC(C)c1nc(Br)cc(N(Cc2ccsc2)C2CC2)n1. The van der Waals surface area contributed by atoms with Gasteiger partial charge in [0.1, 0.15) is 16.2 Å². The van der Waals surface area contributed by atoms with E-state index in [4.69, 9.17) is 4.98 Å². The first-order valence-corrected chi connectivity index (χ1v) is 8.69. The molecular formula is C15H18BrN3S. The summed E-state index contributed by atoms with van der Waals surface area (Å²) in [5.74, 6) is 2.29. The van der Waals surface area contributed by atoms with E-state index < -0.39 is 0 Å². The zero-order chi connectivity index (χ0) is 14.1. The fraction of sp³-hybridized carbons (Fsp3) is 0.467. The van der Waals surface area contributed by atoms with Crippen LogP contribution < -0.4 is 4.90 Å². The fourth-order valence-electron chi connectivity index (χ4n) is 2.19. The number of thiophene rings is 1. The highest BCUT2D eigenvalue weighted by atomic mass is 79.9. The molecule has 1 fully saturated rings. The van der Waals surface area contributed by atoms with Crippen LogP contribution >= 0.6 is 27.3 Å². The van der Waals surface area contributed by atoms with Gasteiger partial charge in [-0.3, -0.25) is 0 Å². The Balaban J connectivity index is 1.91. The molecule has 5 heteroatoms. The Morgan fingerprint density at radius 1 is 1.40 bits per heavy atom. The molecule has 106 valence electrons. The topological polar surface area (TPSA) is 29.0 Å². The Morgan fingerprint density at radius 2 is 2.20 bits per heavy atom. The number of hydrogen-bond donors (Lipinski definition) is 0. The fourth-order valence-corrected chi connectivity index (χ4v) is 3.24. The van der Waals surface area contributed by atoms with Gasteiger partial charge in [-0.15, -0.1) is 0 Å². The van der Waals surface area contributed by atoms with E-state index in [0.717, 1.165) is 22.8 Å². The van der Waals surface area contributed by atoms with Crippen LogP contribution in [-0.2, 0) is 6.54 Å². The van der Waals surface area contributed by atoms with Crippen molar-refractivity contribution in [2.75, 3.05) is 4.90 Å². The van der Waals surface area contributed by atoms with Crippen molar-refractivity contribution in [3.05, 3.63) is 38.9 Å². The highest BCUT2D eigenvalue weighted by Gasteiger charge is 2.30. The van der Waals surface area contributed by atoms with Crippen molar-refractivity contribution in [2.45, 2.75) is 45.2 Å². The summed E-state index contributed by atoms with van der Waals surface area (Å²) < 4.78 is 0.877. The molecule has 2 aromatic rings. The predicted octanol–water partition coefficient (Wildman–Crippen LogP) is 4.59. The van der Waals surface area contributed by atoms with E-state index in [1.54, 1.807) is 11.3 Å². The molecule has 1 aliphatic carbocycles. The zero-order valence-corrected chi connectivity index (χ0v) is 14.1. The minimum Gasteiger partial charge on any atom is -0.349 e. The molecule has 20 heavy (non-hydrogen) atoms. The Labute approximate surface area is 132 Å². The standard InChI is InChI=1S/C15H18BrN3S/c1-10(2)15-17-13(16)7-14(18-15)19(12-3-4-12)8-11-5-6-20-9-11/h5-7,9-10,12H,3-4,8H2,1-2H3. The van der Waals surface area contributed by atoms with E-state index in [1.807, 2.05) is 6.07 Å². The van der Waals surface area contributed by atoms with E-state index >= 15 is 0 Å². The van der Waals surface area contributed by atoms with E-state index in [1.165, 1.54) is 18.4 Å². The van der Waals surface area contributed by atoms with Gasteiger partial charge in [0.05, 0.1) is 0 Å². The Morgan fingerprint density at radius 3 is 2.80 bits per heavy atom. The van der Waals surface area contributed by atoms with Crippen LogP contribution in [-0.4, -0.2) is 16.0 Å². The van der Waals surface area contributed by atoms with Crippen molar-refractivity contribution in [1.82, 2.24) is 9.97 Å². The molecule has 0 N–H and O–H groups in total. The summed E-state index contributed by atoms with van der Waals surface area (Å²) in [6, 6.07) is 4.87. The number of hydrogen-bond acceptors (Lipinski definition) is 4. The average molecular weight is 352 g/mol. The van der Waals surface area contributed by atoms with Crippen molar-refractivity contribution in [3.8, 4) is 0 Å². The van der Waals surface area contributed by atoms with Gasteiger partial charge in [-0.05, 0) is 51.2 Å². The zero-order valence-electron chi connectivity index (χ0n) is 11.7. The molecule has 2 heterocycles. The highest BCUT2D eigenvalue weighted by Crippen LogP contribution is 2.33. The lowest BCUT2D eigenvalue weighted by molar-refractivity contribution is 0.731. The lowest BCUT2D eigenvalue weighted by Crippen LogP contribution is -2.26. The molecule has 3 rings (SSSR count). The van der Waals surface area contributed by atoms with E-state index in [0.29, 0.717) is 12.0 Å². The van der Waals surface area contributed by atoms with Gasteiger partial charge >= 0.3 is 0 Å². The molecule has 0 amide bonds. The van der Waals surface area contributed by atoms with Crippen LogP contribution in [0.4, 0.5) is 5.82 Å². The molecular weight excluding hydrogens is 334 g/mol. The monoisotopic (exact) mass is 351 g/mol. The van der Waals surface area contributed by atoms with Gasteiger partial charge in [0.2, 0.25) is 0 Å². The first-order valence-electron chi connectivity index (χ1n) is 6.95. The molecule has 0 unspecified atom stereocenters. The van der Waals surface area contributed by atoms with Gasteiger partial charge in [0, 0.05) is 24.6 Å². The quantitative estimate of drug-likeness (QED) is 0.737. The summed E-state index contributed by atoms with van der Waals surface area (Å²) in [5, 5.41) is 4.35. The minimum absolute atomic E-state index is 0.341. The molecule has 0 aromatic carbocycles. The maximum absolute atomic E-state index is 4.76. The summed E-state index contributed by atoms with van der Waals surface area (Å²) in [4.78, 5) is 11.7. The third kappa shape index (κ3) is 3.20. The van der Waals surface area contributed by atoms with Crippen molar-refractivity contribution in [2.24, 2.45) is 0 Å². The first-order chi connectivity index (χ1) is 9.63. The van der Waals surface area contributed by atoms with Gasteiger partial charge < -0.3 is 4.90 Å². The second-order valence-electron chi connectivity index (χ2n) is 5.55. The van der Waals surface area contributed by atoms with Crippen LogP contribution in [0.25, 0.3) is 0 Å². The second kappa shape index (κ2) is 5.82. The molecule has 0 spiro atoms. The van der Waals surface area contributed by atoms with Crippen LogP contribution in [0.1, 0.15) is 44.0 Å². The minimum atomic E-state index is 0.341. The Bertz CT molecular complexity index is 579. The molecule has 0 atom stereocenters. The predicted molar refractivity (Wildman–Crippen MR) is 87.3 cm³/mol. The summed E-state index contributed by atoms with van der Waals surface area (Å²) in [7, 11) is 0. The molecule has 2 aromatic heterocycles. The van der Waals surface area contributed by atoms with Crippen LogP contribution in [0.3, 0.4) is 0 Å². The van der Waals surface area contributed by atoms with Gasteiger partial charge in [-0.2, -0.15) is 11.3 Å². The summed E-state index contributed by atoms with van der Waals surface area (Å²) in [5.41, 5.74) is 1.36. The Hall–Kier alpha value is -0.940. The molecule has 0 aliphatic heterocycles. The number of rotatable bonds is 5.